The van der Waals surface area contributed by atoms with E-state index in [0.717, 1.165) is 38.3 Å². The predicted octanol–water partition coefficient (Wildman–Crippen LogP) is 4.02. The summed E-state index contributed by atoms with van der Waals surface area (Å²) in [5, 5.41) is 2.47. The first-order valence-corrected chi connectivity index (χ1v) is 9.80. The molecule has 1 aliphatic heterocycles. The van der Waals surface area contributed by atoms with Gasteiger partial charge in [0.25, 0.3) is 0 Å². The molecule has 0 radical (unpaired) electrons. The molecule has 0 fully saturated rings. The zero-order valence-corrected chi connectivity index (χ0v) is 15.9. The molecule has 0 aliphatic carbocycles. The third kappa shape index (κ3) is 3.80. The molecule has 4 rings (SSSR count). The second kappa shape index (κ2) is 8.22. The van der Waals surface area contributed by atoms with Crippen LogP contribution in [0.25, 0.3) is 17.2 Å². The first-order chi connectivity index (χ1) is 13.4. The number of hydrogen-bond donors (Lipinski definition) is 0. The summed E-state index contributed by atoms with van der Waals surface area (Å²) in [7, 11) is 0. The van der Waals surface area contributed by atoms with Gasteiger partial charge in [0, 0.05) is 17.2 Å². The van der Waals surface area contributed by atoms with Gasteiger partial charge in [0.1, 0.15) is 6.54 Å². The monoisotopic (exact) mass is 356 g/mol. The van der Waals surface area contributed by atoms with Crippen LogP contribution in [0, 0.1) is 0 Å². The summed E-state index contributed by atoms with van der Waals surface area (Å²) in [6.45, 7) is 4.83. The average molecular weight is 356 g/mol. The Hall–Kier alpha value is -2.87. The highest BCUT2D eigenvalue weighted by Crippen LogP contribution is 2.23. The van der Waals surface area contributed by atoms with Crippen LogP contribution in [0.4, 0.5) is 0 Å². The zero-order valence-electron chi connectivity index (χ0n) is 15.9. The predicted molar refractivity (Wildman–Crippen MR) is 112 cm³/mol. The SMILES string of the molecule is CC=c1cccc2c1=[N+](Cc1ccccc1-c1ccccc1)CCCCO2. The van der Waals surface area contributed by atoms with Gasteiger partial charge < -0.3 is 4.74 Å². The summed E-state index contributed by atoms with van der Waals surface area (Å²) < 4.78 is 8.58. The topological polar surface area (TPSA) is 12.2 Å². The van der Waals surface area contributed by atoms with Crippen molar-refractivity contribution in [1.29, 1.82) is 0 Å². The average Bonchev–Trinajstić information content (AvgIpc) is 2.71. The minimum Gasteiger partial charge on any atom is -0.487 e. The standard InChI is InChI=1S/C25H26NO/c1-2-20-14-10-16-24-25(20)26(17-8-9-18-27-24)19-22-13-6-7-15-23(22)21-11-4-3-5-12-21/h2-7,10-16H,8-9,17-19H2,1H3/q+1. The van der Waals surface area contributed by atoms with Gasteiger partial charge >= 0.3 is 0 Å². The van der Waals surface area contributed by atoms with Crippen molar-refractivity contribution in [3.8, 4) is 16.9 Å². The summed E-state index contributed by atoms with van der Waals surface area (Å²) in [4.78, 5) is 0. The van der Waals surface area contributed by atoms with Crippen LogP contribution in [-0.2, 0) is 6.54 Å². The molecule has 3 aromatic carbocycles. The molecule has 1 heterocycles. The van der Waals surface area contributed by atoms with Crippen molar-refractivity contribution in [3.05, 3.63) is 88.9 Å². The van der Waals surface area contributed by atoms with Gasteiger partial charge in [-0.15, -0.1) is 0 Å². The maximum Gasteiger partial charge on any atom is 0.249 e. The van der Waals surface area contributed by atoms with Gasteiger partial charge in [-0.2, -0.15) is 0 Å². The van der Waals surface area contributed by atoms with Crippen molar-refractivity contribution in [2.45, 2.75) is 26.3 Å². The number of fused-ring (bicyclic) bond motifs is 1. The Labute approximate surface area is 161 Å². The molecule has 0 saturated heterocycles. The number of hydrogen-bond acceptors (Lipinski definition) is 1. The van der Waals surface area contributed by atoms with Gasteiger partial charge in [-0.25, -0.2) is 4.58 Å². The Morgan fingerprint density at radius 3 is 2.56 bits per heavy atom. The van der Waals surface area contributed by atoms with E-state index in [4.69, 9.17) is 4.74 Å². The molecule has 0 bridgehead atoms. The van der Waals surface area contributed by atoms with Crippen molar-refractivity contribution in [3.63, 3.8) is 0 Å². The van der Waals surface area contributed by atoms with Crippen LogP contribution in [0.5, 0.6) is 5.75 Å². The third-order valence-corrected chi connectivity index (χ3v) is 5.20. The summed E-state index contributed by atoms with van der Waals surface area (Å²) in [5.41, 5.74) is 3.92. The molecule has 1 aliphatic rings. The number of para-hydroxylation sites is 1. The Bertz CT molecular complexity index is 1040. The van der Waals surface area contributed by atoms with E-state index in [2.05, 4.69) is 90.4 Å². The number of nitrogens with zero attached hydrogens (tertiary/aromatic N) is 1. The molecule has 0 atom stereocenters. The number of benzene rings is 3. The summed E-state index contributed by atoms with van der Waals surface area (Å²) in [5.74, 6) is 1.00. The molecular weight excluding hydrogens is 330 g/mol. The van der Waals surface area contributed by atoms with Gasteiger partial charge in [-0.3, -0.25) is 0 Å². The van der Waals surface area contributed by atoms with Crippen LogP contribution in [-0.4, -0.2) is 13.2 Å². The van der Waals surface area contributed by atoms with Crippen LogP contribution in [0.2, 0.25) is 0 Å². The smallest absolute Gasteiger partial charge is 0.249 e. The van der Waals surface area contributed by atoms with Crippen LogP contribution >= 0.6 is 0 Å². The summed E-state index contributed by atoms with van der Waals surface area (Å²) in [6.07, 6.45) is 4.42. The van der Waals surface area contributed by atoms with E-state index >= 15 is 0 Å². The second-order valence-electron chi connectivity index (χ2n) is 6.98. The van der Waals surface area contributed by atoms with E-state index in [1.807, 2.05) is 0 Å². The molecule has 0 unspecified atom stereocenters. The molecule has 136 valence electrons. The van der Waals surface area contributed by atoms with Crippen LogP contribution < -0.4 is 19.9 Å². The van der Waals surface area contributed by atoms with Crippen LogP contribution in [0.15, 0.2) is 72.8 Å². The van der Waals surface area contributed by atoms with Crippen molar-refractivity contribution < 1.29 is 4.74 Å². The Kier molecular flexibility index (Phi) is 5.34. The lowest BCUT2D eigenvalue weighted by molar-refractivity contribution is 0.285. The van der Waals surface area contributed by atoms with Gasteiger partial charge in [-0.05, 0) is 36.6 Å². The lowest BCUT2D eigenvalue weighted by Crippen LogP contribution is -2.42. The van der Waals surface area contributed by atoms with Crippen molar-refractivity contribution >= 4 is 6.08 Å². The highest BCUT2D eigenvalue weighted by Gasteiger charge is 2.17. The van der Waals surface area contributed by atoms with Crippen molar-refractivity contribution in [2.75, 3.05) is 13.2 Å². The largest absolute Gasteiger partial charge is 0.487 e. The van der Waals surface area contributed by atoms with E-state index in [1.54, 1.807) is 0 Å². The molecule has 0 N–H and O–H groups in total. The Morgan fingerprint density at radius 1 is 0.889 bits per heavy atom. The van der Waals surface area contributed by atoms with E-state index in [9.17, 15) is 0 Å². The molecule has 2 heteroatoms. The fourth-order valence-electron chi connectivity index (χ4n) is 3.85. The van der Waals surface area contributed by atoms with E-state index in [-0.39, 0.29) is 0 Å². The van der Waals surface area contributed by atoms with Crippen molar-refractivity contribution in [1.82, 2.24) is 4.58 Å². The molecule has 0 saturated carbocycles. The van der Waals surface area contributed by atoms with Crippen LogP contribution in [0.1, 0.15) is 25.3 Å². The lowest BCUT2D eigenvalue weighted by Gasteiger charge is -2.14. The molecule has 3 aromatic rings. The normalized spacial score (nSPS) is 14.9. The highest BCUT2D eigenvalue weighted by atomic mass is 16.5. The first-order valence-electron chi connectivity index (χ1n) is 9.80. The van der Waals surface area contributed by atoms with Crippen LogP contribution in [0.3, 0.4) is 0 Å². The molecule has 27 heavy (non-hydrogen) atoms. The van der Waals surface area contributed by atoms with Gasteiger partial charge in [0.15, 0.2) is 12.3 Å². The first kappa shape index (κ1) is 17.5. The highest BCUT2D eigenvalue weighted by molar-refractivity contribution is 5.67. The molecule has 0 aromatic heterocycles. The fraction of sp³-hybridized carbons (Fsp3) is 0.240. The zero-order chi connectivity index (χ0) is 18.5. The third-order valence-electron chi connectivity index (χ3n) is 5.20. The lowest BCUT2D eigenvalue weighted by atomic mass is 9.99. The minimum atomic E-state index is 0.800. The molecule has 0 spiro atoms. The molecular formula is C25H26NO+. The minimum absolute atomic E-state index is 0.800. The Morgan fingerprint density at radius 2 is 1.70 bits per heavy atom. The van der Waals surface area contributed by atoms with Crippen molar-refractivity contribution in [2.24, 2.45) is 0 Å². The quantitative estimate of drug-likeness (QED) is 0.646. The van der Waals surface area contributed by atoms with Gasteiger partial charge in [0.2, 0.25) is 5.36 Å². The van der Waals surface area contributed by atoms with Gasteiger partial charge in [0.05, 0.1) is 6.61 Å². The second-order valence-corrected chi connectivity index (χ2v) is 6.98. The van der Waals surface area contributed by atoms with E-state index in [0.29, 0.717) is 0 Å². The number of rotatable bonds is 3. The molecule has 2 nitrogen and oxygen atoms in total. The summed E-state index contributed by atoms with van der Waals surface area (Å²) >= 11 is 0. The van der Waals surface area contributed by atoms with E-state index < -0.39 is 0 Å². The van der Waals surface area contributed by atoms with E-state index in [1.165, 1.54) is 27.3 Å². The van der Waals surface area contributed by atoms with Gasteiger partial charge in [-0.1, -0.05) is 66.7 Å². The Balaban J connectivity index is 1.88. The molecule has 0 amide bonds. The maximum absolute atomic E-state index is 6.09. The summed E-state index contributed by atoms with van der Waals surface area (Å²) in [6, 6.07) is 25.8. The fourth-order valence-corrected chi connectivity index (χ4v) is 3.85. The number of ether oxygens (including phenoxy) is 1. The maximum atomic E-state index is 6.09.